The van der Waals surface area contributed by atoms with E-state index in [0.29, 0.717) is 73.9 Å². The molecule has 4 aliphatic rings. The molecule has 352 valence electrons. The first-order chi connectivity index (χ1) is 30.7. The number of nitrogens with two attached hydrogens (primary N) is 1. The summed E-state index contributed by atoms with van der Waals surface area (Å²) in [6, 6.07) is 14.5. The molecule has 19 heteroatoms. The van der Waals surface area contributed by atoms with E-state index in [4.69, 9.17) is 15.2 Å². The highest BCUT2D eigenvalue weighted by Crippen LogP contribution is 2.30. The molecule has 65 heavy (non-hydrogen) atoms. The molecule has 17 nitrogen and oxygen atoms in total. The van der Waals surface area contributed by atoms with Crippen molar-refractivity contribution in [3.05, 3.63) is 80.8 Å². The quantitative estimate of drug-likeness (QED) is 0.194. The minimum absolute atomic E-state index is 0.158. The van der Waals surface area contributed by atoms with Gasteiger partial charge in [-0.3, -0.25) is 10.1 Å². The van der Waals surface area contributed by atoms with Gasteiger partial charge < -0.3 is 49.7 Å². The van der Waals surface area contributed by atoms with E-state index in [1.54, 1.807) is 50.7 Å². The molecule has 2 aromatic heterocycles. The number of hydrogen-bond acceptors (Lipinski definition) is 15. The smallest absolute Gasteiger partial charge is 0.410 e. The number of anilines is 4. The first kappa shape index (κ1) is 48.9. The number of thiazole rings is 2. The lowest BCUT2D eigenvalue weighted by molar-refractivity contribution is 0.0230. The molecule has 0 radical (unpaired) electrons. The van der Waals surface area contributed by atoms with Gasteiger partial charge in [0.15, 0.2) is 10.3 Å². The molecule has 6 heterocycles. The van der Waals surface area contributed by atoms with Gasteiger partial charge in [-0.05, 0) is 79.9 Å². The number of ether oxygens (including phenoxy) is 2. The summed E-state index contributed by atoms with van der Waals surface area (Å²) in [6.45, 7) is 19.7. The Kier molecular flexibility index (Phi) is 16.0. The zero-order chi connectivity index (χ0) is 47.1. The summed E-state index contributed by atoms with van der Waals surface area (Å²) in [5.41, 5.74) is 9.34. The number of carbonyl (C=O) groups excluding carboxylic acids is 3. The van der Waals surface area contributed by atoms with Crippen LogP contribution in [0.2, 0.25) is 0 Å². The van der Waals surface area contributed by atoms with Crippen molar-refractivity contribution in [3.8, 4) is 0 Å². The van der Waals surface area contributed by atoms with Gasteiger partial charge in [0.05, 0.1) is 28.2 Å². The second-order valence-corrected chi connectivity index (χ2v) is 20.7. The third kappa shape index (κ3) is 13.8. The number of nitrogens with one attached hydrogen (secondary N) is 1. The second kappa shape index (κ2) is 21.2. The molecule has 4 aliphatic heterocycles. The molecular weight excluding hydrogens is 869 g/mol. The third-order valence-corrected chi connectivity index (χ3v) is 12.8. The van der Waals surface area contributed by atoms with Gasteiger partial charge >= 0.3 is 18.2 Å². The highest BCUT2D eigenvalue weighted by Gasteiger charge is 2.30. The van der Waals surface area contributed by atoms with Crippen molar-refractivity contribution in [2.45, 2.75) is 78.7 Å². The molecule has 2 saturated heterocycles. The summed E-state index contributed by atoms with van der Waals surface area (Å²) < 4.78 is 10.8. The van der Waals surface area contributed by atoms with E-state index in [1.807, 2.05) is 76.8 Å². The fraction of sp³-hybridized carbons (Fsp3) is 0.522. The van der Waals surface area contributed by atoms with Crippen LogP contribution in [0, 0.1) is 0 Å². The first-order valence-electron chi connectivity index (χ1n) is 22.0. The maximum absolute atomic E-state index is 13.1. The Morgan fingerprint density at radius 2 is 1.06 bits per heavy atom. The number of piperazine rings is 2. The largest absolute Gasteiger partial charge is 0.478 e. The number of amides is 3. The molecule has 4 N–H and O–H groups in total. The lowest BCUT2D eigenvalue weighted by Crippen LogP contribution is -2.50. The van der Waals surface area contributed by atoms with Crippen molar-refractivity contribution in [1.82, 2.24) is 29.6 Å². The van der Waals surface area contributed by atoms with Crippen molar-refractivity contribution in [1.29, 1.82) is 0 Å². The zero-order valence-electron chi connectivity index (χ0n) is 38.9. The van der Waals surface area contributed by atoms with Gasteiger partial charge in [-0.25, -0.2) is 24.4 Å². The van der Waals surface area contributed by atoms with Crippen LogP contribution in [0.5, 0.6) is 0 Å². The molecular formula is C46H64N10O7S2. The Bertz CT molecular complexity index is 2290. The van der Waals surface area contributed by atoms with Crippen LogP contribution in [0.25, 0.3) is 0 Å². The molecule has 2 aromatic carbocycles. The SMILES string of the molecule is CC(C)(C)OC(=O)N1CCN(c2ccccc2C(=O)O)CC1.CN1CCc2nc(N)sc2C1.CN1CCc2nc(NC(=O)c3ccccc3N3CCN(C(=O)OC(C)(C)C)CC3)sc2C1. The first-order valence-corrected chi connectivity index (χ1v) is 23.6. The Labute approximate surface area is 390 Å². The van der Waals surface area contributed by atoms with Gasteiger partial charge in [0.1, 0.15) is 11.2 Å². The van der Waals surface area contributed by atoms with Crippen LogP contribution in [-0.4, -0.2) is 149 Å². The van der Waals surface area contributed by atoms with Crippen molar-refractivity contribution >= 4 is 68.4 Å². The summed E-state index contributed by atoms with van der Waals surface area (Å²) in [6.07, 6.45) is 1.36. The summed E-state index contributed by atoms with van der Waals surface area (Å²) in [7, 11) is 4.22. The van der Waals surface area contributed by atoms with E-state index in [1.165, 1.54) is 15.4 Å². The Balaban J connectivity index is 0.000000182. The normalized spacial score (nSPS) is 16.8. The van der Waals surface area contributed by atoms with Crippen LogP contribution < -0.4 is 20.9 Å². The van der Waals surface area contributed by atoms with Crippen molar-refractivity contribution in [2.24, 2.45) is 0 Å². The average Bonchev–Trinajstić information content (AvgIpc) is 3.83. The standard InChI is InChI=1S/C23H31N5O3S.C16H22N2O4.C7H11N3S/c1-23(2,3)31-22(30)28-13-11-27(12-14-28)18-8-6-5-7-16(18)20(29)25-21-24-17-9-10-26(4)15-19(17)32-21;1-16(2,3)22-15(21)18-10-8-17(9-11-18)13-7-5-4-6-12(13)14(19)20;1-10-3-2-5-6(4-10)11-7(8)9-5/h5-8H,9-15H2,1-4H3,(H,24,25,29);4-7H,8-11H2,1-3H3,(H,19,20);2-4H2,1H3,(H2,8,9). The van der Waals surface area contributed by atoms with E-state index >= 15 is 0 Å². The number of hydrogen-bond donors (Lipinski definition) is 3. The highest BCUT2D eigenvalue weighted by atomic mass is 32.1. The number of aromatic nitrogens is 2. The third-order valence-electron chi connectivity index (χ3n) is 10.9. The number of carbonyl (C=O) groups is 4. The van der Waals surface area contributed by atoms with E-state index in [9.17, 15) is 24.3 Å². The van der Waals surface area contributed by atoms with Crippen molar-refractivity contribution < 1.29 is 33.8 Å². The fourth-order valence-electron chi connectivity index (χ4n) is 7.67. The molecule has 0 aliphatic carbocycles. The Morgan fingerprint density at radius 1 is 0.631 bits per heavy atom. The molecule has 0 saturated carbocycles. The van der Waals surface area contributed by atoms with Crippen molar-refractivity contribution in [2.75, 3.05) is 100 Å². The molecule has 2 fully saturated rings. The van der Waals surface area contributed by atoms with Crippen LogP contribution in [0.3, 0.4) is 0 Å². The van der Waals surface area contributed by atoms with Gasteiger partial charge in [-0.2, -0.15) is 0 Å². The monoisotopic (exact) mass is 932 g/mol. The lowest BCUT2D eigenvalue weighted by Gasteiger charge is -2.37. The number of carboxylic acids is 1. The van der Waals surface area contributed by atoms with E-state index in [0.717, 1.165) is 50.4 Å². The summed E-state index contributed by atoms with van der Waals surface area (Å²) in [5.74, 6) is -1.10. The molecule has 4 aromatic rings. The number of para-hydroxylation sites is 2. The zero-order valence-corrected chi connectivity index (χ0v) is 40.5. The van der Waals surface area contributed by atoms with Gasteiger partial charge in [0.2, 0.25) is 0 Å². The van der Waals surface area contributed by atoms with Crippen LogP contribution in [0.1, 0.15) is 83.4 Å². The lowest BCUT2D eigenvalue weighted by atomic mass is 10.1. The number of likely N-dealkylation sites (N-methyl/N-ethyl adjacent to an activating group) is 2. The topological polar surface area (TPSA) is 190 Å². The number of nitrogen functional groups attached to an aromatic ring is 1. The molecule has 3 amide bonds. The van der Waals surface area contributed by atoms with E-state index < -0.39 is 17.2 Å². The van der Waals surface area contributed by atoms with E-state index in [-0.39, 0.29) is 23.7 Å². The van der Waals surface area contributed by atoms with Gasteiger partial charge in [-0.15, -0.1) is 22.7 Å². The predicted octanol–water partition coefficient (Wildman–Crippen LogP) is 6.60. The van der Waals surface area contributed by atoms with Gasteiger partial charge in [-0.1, -0.05) is 24.3 Å². The number of rotatable bonds is 5. The number of benzene rings is 2. The summed E-state index contributed by atoms with van der Waals surface area (Å²) in [5, 5.41) is 13.6. The van der Waals surface area contributed by atoms with E-state index in [2.05, 4.69) is 44.1 Å². The number of nitrogens with zero attached hydrogens (tertiary/aromatic N) is 8. The average molecular weight is 933 g/mol. The summed E-state index contributed by atoms with van der Waals surface area (Å²) >= 11 is 3.17. The highest BCUT2D eigenvalue weighted by molar-refractivity contribution is 7.16. The number of carboxylic acid groups (broad SMARTS) is 1. The van der Waals surface area contributed by atoms with Gasteiger partial charge in [0, 0.05) is 107 Å². The molecule has 8 rings (SSSR count). The Hall–Kier alpha value is -5.50. The molecule has 0 bridgehead atoms. The van der Waals surface area contributed by atoms with Crippen LogP contribution in [-0.2, 0) is 35.4 Å². The van der Waals surface area contributed by atoms with Crippen LogP contribution in [0.4, 0.5) is 31.2 Å². The maximum Gasteiger partial charge on any atom is 0.410 e. The van der Waals surface area contributed by atoms with Crippen molar-refractivity contribution in [3.63, 3.8) is 0 Å². The van der Waals surface area contributed by atoms with Gasteiger partial charge in [0.25, 0.3) is 5.91 Å². The maximum atomic E-state index is 13.1. The van der Waals surface area contributed by atoms with Crippen LogP contribution in [0.15, 0.2) is 48.5 Å². The molecule has 0 atom stereocenters. The molecule has 0 spiro atoms. The number of fused-ring (bicyclic) bond motifs is 2. The Morgan fingerprint density at radius 3 is 1.54 bits per heavy atom. The molecule has 0 unspecified atom stereocenters. The van der Waals surface area contributed by atoms with Crippen LogP contribution >= 0.6 is 22.7 Å². The second-order valence-electron chi connectivity index (χ2n) is 18.5. The minimum Gasteiger partial charge on any atom is -0.478 e. The number of aromatic carboxylic acids is 1. The minimum atomic E-state index is -0.940. The fourth-order valence-corrected chi connectivity index (χ4v) is 9.71. The summed E-state index contributed by atoms with van der Waals surface area (Å²) in [4.78, 5) is 72.3. The predicted molar refractivity (Wildman–Crippen MR) is 257 cm³/mol.